The standard InChI is InChI=1S/C8H13ClN2O2/c9-7(10-13)8(12)11-5-3-1-2-4-6-11/h13H,1-6H2/b10-7+. The number of likely N-dealkylation sites (tertiary alicyclic amines) is 1. The van der Waals surface area contributed by atoms with E-state index >= 15 is 0 Å². The molecule has 1 rings (SSSR count). The number of oxime groups is 1. The summed E-state index contributed by atoms with van der Waals surface area (Å²) in [5.74, 6) is -0.369. The van der Waals surface area contributed by atoms with Gasteiger partial charge >= 0.3 is 0 Å². The number of amides is 1. The maximum atomic E-state index is 11.4. The number of nitrogens with zero attached hydrogens (tertiary/aromatic N) is 2. The first-order valence-corrected chi connectivity index (χ1v) is 4.80. The van der Waals surface area contributed by atoms with Crippen LogP contribution in [0.5, 0.6) is 0 Å². The number of hydrogen-bond acceptors (Lipinski definition) is 3. The van der Waals surface area contributed by atoms with Crippen LogP contribution in [-0.2, 0) is 4.79 Å². The molecule has 1 amide bonds. The van der Waals surface area contributed by atoms with Gasteiger partial charge in [0.1, 0.15) is 0 Å². The van der Waals surface area contributed by atoms with E-state index in [2.05, 4.69) is 5.16 Å². The monoisotopic (exact) mass is 204 g/mol. The van der Waals surface area contributed by atoms with E-state index in [4.69, 9.17) is 16.8 Å². The maximum Gasteiger partial charge on any atom is 0.287 e. The molecule has 0 aromatic rings. The predicted molar refractivity (Wildman–Crippen MR) is 50.1 cm³/mol. The molecule has 0 saturated carbocycles. The normalized spacial score (nSPS) is 19.8. The molecule has 1 aliphatic rings. The second-order valence-electron chi connectivity index (χ2n) is 3.10. The Balaban J connectivity index is 2.54. The van der Waals surface area contributed by atoms with E-state index in [1.807, 2.05) is 0 Å². The van der Waals surface area contributed by atoms with Crippen LogP contribution >= 0.6 is 11.6 Å². The van der Waals surface area contributed by atoms with E-state index < -0.39 is 0 Å². The molecule has 0 atom stereocenters. The molecule has 1 heterocycles. The minimum absolute atomic E-state index is 0.345. The Morgan fingerprint density at radius 2 is 1.77 bits per heavy atom. The minimum Gasteiger partial charge on any atom is -0.409 e. The van der Waals surface area contributed by atoms with Gasteiger partial charge in [-0.1, -0.05) is 29.6 Å². The van der Waals surface area contributed by atoms with Crippen molar-refractivity contribution in [3.63, 3.8) is 0 Å². The summed E-state index contributed by atoms with van der Waals surface area (Å²) in [6.45, 7) is 1.43. The zero-order valence-electron chi connectivity index (χ0n) is 7.37. The highest BCUT2D eigenvalue weighted by atomic mass is 35.5. The highest BCUT2D eigenvalue weighted by Gasteiger charge is 2.19. The highest BCUT2D eigenvalue weighted by Crippen LogP contribution is 2.10. The van der Waals surface area contributed by atoms with Gasteiger partial charge in [-0.05, 0) is 12.8 Å². The molecule has 5 heteroatoms. The van der Waals surface area contributed by atoms with Gasteiger partial charge < -0.3 is 10.1 Å². The Bertz CT molecular complexity index is 210. The maximum absolute atomic E-state index is 11.4. The lowest BCUT2D eigenvalue weighted by atomic mass is 10.2. The fraction of sp³-hybridized carbons (Fsp3) is 0.750. The van der Waals surface area contributed by atoms with Gasteiger partial charge in [0, 0.05) is 13.1 Å². The largest absolute Gasteiger partial charge is 0.409 e. The topological polar surface area (TPSA) is 52.9 Å². The molecule has 1 aliphatic heterocycles. The molecule has 0 bridgehead atoms. The van der Waals surface area contributed by atoms with Crippen LogP contribution in [0.25, 0.3) is 0 Å². The van der Waals surface area contributed by atoms with Crippen LogP contribution in [0.2, 0.25) is 0 Å². The summed E-state index contributed by atoms with van der Waals surface area (Å²) in [5.41, 5.74) is 0. The summed E-state index contributed by atoms with van der Waals surface area (Å²) in [5, 5.41) is 10.7. The van der Waals surface area contributed by atoms with Gasteiger partial charge in [0.2, 0.25) is 5.17 Å². The lowest BCUT2D eigenvalue weighted by Gasteiger charge is -2.18. The van der Waals surface area contributed by atoms with Gasteiger partial charge in [-0.3, -0.25) is 4.79 Å². The van der Waals surface area contributed by atoms with Crippen molar-refractivity contribution in [3.8, 4) is 0 Å². The molecular formula is C8H13ClN2O2. The molecule has 0 spiro atoms. The van der Waals surface area contributed by atoms with Crippen molar-refractivity contribution in [2.75, 3.05) is 13.1 Å². The quantitative estimate of drug-likeness (QED) is 0.399. The smallest absolute Gasteiger partial charge is 0.287 e. The van der Waals surface area contributed by atoms with E-state index in [9.17, 15) is 4.79 Å². The van der Waals surface area contributed by atoms with Crippen molar-refractivity contribution in [2.45, 2.75) is 25.7 Å². The minimum atomic E-state index is -0.369. The van der Waals surface area contributed by atoms with Gasteiger partial charge in [0.25, 0.3) is 5.91 Å². The summed E-state index contributed by atoms with van der Waals surface area (Å²) in [6, 6.07) is 0. The molecule has 74 valence electrons. The molecule has 1 fully saturated rings. The van der Waals surface area contributed by atoms with Crippen LogP contribution in [0.1, 0.15) is 25.7 Å². The first kappa shape index (κ1) is 10.3. The molecule has 0 aliphatic carbocycles. The number of carbonyl (C=O) groups is 1. The fourth-order valence-electron chi connectivity index (χ4n) is 1.45. The summed E-state index contributed by atoms with van der Waals surface area (Å²) in [4.78, 5) is 13.0. The van der Waals surface area contributed by atoms with Crippen LogP contribution < -0.4 is 0 Å². The van der Waals surface area contributed by atoms with Gasteiger partial charge in [-0.15, -0.1) is 0 Å². The molecule has 0 aromatic carbocycles. The molecule has 4 nitrogen and oxygen atoms in total. The number of carbonyl (C=O) groups excluding carboxylic acids is 1. The summed E-state index contributed by atoms with van der Waals surface area (Å²) < 4.78 is 0. The first-order chi connectivity index (χ1) is 6.25. The predicted octanol–water partition coefficient (Wildman–Crippen LogP) is 1.42. The van der Waals surface area contributed by atoms with E-state index in [0.717, 1.165) is 25.7 Å². The van der Waals surface area contributed by atoms with Crippen LogP contribution in [0.3, 0.4) is 0 Å². The summed E-state index contributed by atoms with van der Waals surface area (Å²) >= 11 is 5.41. The van der Waals surface area contributed by atoms with E-state index in [-0.39, 0.29) is 11.1 Å². The van der Waals surface area contributed by atoms with Crippen molar-refractivity contribution >= 4 is 22.7 Å². The van der Waals surface area contributed by atoms with E-state index in [1.54, 1.807) is 4.90 Å². The van der Waals surface area contributed by atoms with Gasteiger partial charge in [-0.2, -0.15) is 0 Å². The zero-order valence-corrected chi connectivity index (χ0v) is 8.13. The van der Waals surface area contributed by atoms with Crippen molar-refractivity contribution in [1.82, 2.24) is 4.90 Å². The second-order valence-corrected chi connectivity index (χ2v) is 3.46. The fourth-order valence-corrected chi connectivity index (χ4v) is 1.57. The molecular weight excluding hydrogens is 192 g/mol. The molecule has 1 saturated heterocycles. The third-order valence-electron chi connectivity index (χ3n) is 2.16. The number of hydrogen-bond donors (Lipinski definition) is 1. The number of halogens is 1. The van der Waals surface area contributed by atoms with Gasteiger partial charge in [-0.25, -0.2) is 0 Å². The Morgan fingerprint density at radius 1 is 1.23 bits per heavy atom. The highest BCUT2D eigenvalue weighted by molar-refractivity contribution is 6.82. The Hall–Kier alpha value is -0.770. The summed E-state index contributed by atoms with van der Waals surface area (Å²) in [6.07, 6.45) is 4.30. The van der Waals surface area contributed by atoms with Crippen LogP contribution in [-0.4, -0.2) is 34.3 Å². The first-order valence-electron chi connectivity index (χ1n) is 4.42. The van der Waals surface area contributed by atoms with E-state index in [0.29, 0.717) is 13.1 Å². The second kappa shape index (κ2) is 5.07. The third kappa shape index (κ3) is 2.88. The Labute approximate surface area is 82.2 Å². The van der Waals surface area contributed by atoms with Crippen LogP contribution in [0.15, 0.2) is 5.16 Å². The van der Waals surface area contributed by atoms with Crippen molar-refractivity contribution < 1.29 is 10.0 Å². The Morgan fingerprint density at radius 3 is 2.23 bits per heavy atom. The number of rotatable bonds is 1. The molecule has 1 N–H and O–H groups in total. The van der Waals surface area contributed by atoms with Crippen molar-refractivity contribution in [1.29, 1.82) is 0 Å². The lowest BCUT2D eigenvalue weighted by Crippen LogP contribution is -2.35. The molecule has 13 heavy (non-hydrogen) atoms. The molecule has 0 radical (unpaired) electrons. The van der Waals surface area contributed by atoms with Gasteiger partial charge in [0.05, 0.1) is 0 Å². The average molecular weight is 205 g/mol. The van der Waals surface area contributed by atoms with Gasteiger partial charge in [0.15, 0.2) is 0 Å². The van der Waals surface area contributed by atoms with Crippen molar-refractivity contribution in [2.24, 2.45) is 5.16 Å². The van der Waals surface area contributed by atoms with Crippen molar-refractivity contribution in [3.05, 3.63) is 0 Å². The molecule has 0 unspecified atom stereocenters. The lowest BCUT2D eigenvalue weighted by molar-refractivity contribution is -0.123. The van der Waals surface area contributed by atoms with E-state index in [1.165, 1.54) is 0 Å². The summed E-state index contributed by atoms with van der Waals surface area (Å²) in [7, 11) is 0. The van der Waals surface area contributed by atoms with Crippen LogP contribution in [0.4, 0.5) is 0 Å². The average Bonchev–Trinajstić information content (AvgIpc) is 2.43. The van der Waals surface area contributed by atoms with Crippen LogP contribution in [0, 0.1) is 0 Å². The third-order valence-corrected chi connectivity index (χ3v) is 2.39. The molecule has 0 aromatic heterocycles. The Kier molecular flexibility index (Phi) is 4.02. The zero-order chi connectivity index (χ0) is 9.68. The SMILES string of the molecule is O=C(/C(Cl)=N\O)N1CCCCCC1.